The summed E-state index contributed by atoms with van der Waals surface area (Å²) in [6, 6.07) is 2.12. The number of imidazole rings is 1. The molecule has 0 atom stereocenters. The molecule has 1 heterocycles. The minimum atomic E-state index is -3.80. The lowest BCUT2D eigenvalue weighted by Crippen LogP contribution is -2.27. The molecule has 0 radical (unpaired) electrons. The van der Waals surface area contributed by atoms with Crippen LogP contribution < -0.4 is 10.5 Å². The summed E-state index contributed by atoms with van der Waals surface area (Å²) in [5.74, 6) is 0.144. The molecule has 0 fully saturated rings. The summed E-state index contributed by atoms with van der Waals surface area (Å²) in [7, 11) is -1.98. The number of hydrogen-bond acceptors (Lipinski definition) is 4. The van der Waals surface area contributed by atoms with Gasteiger partial charge in [0.2, 0.25) is 10.0 Å². The first kappa shape index (κ1) is 15.9. The summed E-state index contributed by atoms with van der Waals surface area (Å²) in [6.45, 7) is 0.168. The van der Waals surface area contributed by atoms with E-state index < -0.39 is 15.8 Å². The maximum atomic E-state index is 13.3. The number of hydrogen-bond donors (Lipinski definition) is 2. The molecule has 2 rings (SSSR count). The quantitative estimate of drug-likeness (QED) is 0.772. The maximum absolute atomic E-state index is 13.3. The van der Waals surface area contributed by atoms with Gasteiger partial charge in [-0.1, -0.05) is 0 Å². The van der Waals surface area contributed by atoms with Crippen LogP contribution in [0.3, 0.4) is 0 Å². The maximum Gasteiger partial charge on any atom is 0.242 e. The van der Waals surface area contributed by atoms with Gasteiger partial charge in [0.15, 0.2) is 0 Å². The van der Waals surface area contributed by atoms with Crippen LogP contribution in [0, 0.1) is 5.82 Å². The van der Waals surface area contributed by atoms with Crippen LogP contribution in [0.2, 0.25) is 0 Å². The molecule has 2 aromatic rings. The van der Waals surface area contributed by atoms with Gasteiger partial charge in [-0.25, -0.2) is 22.5 Å². The van der Waals surface area contributed by atoms with Crippen molar-refractivity contribution in [1.82, 2.24) is 14.3 Å². The van der Waals surface area contributed by atoms with Gasteiger partial charge in [0.25, 0.3) is 0 Å². The molecule has 0 amide bonds. The number of nitrogens with one attached hydrogen (secondary N) is 1. The minimum absolute atomic E-state index is 0.0428. The van der Waals surface area contributed by atoms with Gasteiger partial charge in [-0.05, 0) is 28.1 Å². The van der Waals surface area contributed by atoms with E-state index in [2.05, 4.69) is 25.6 Å². The summed E-state index contributed by atoms with van der Waals surface area (Å²) in [5, 5.41) is 0. The third-order valence-corrected chi connectivity index (χ3v) is 5.03. The SMILES string of the molecule is Cn1ccnc1CCNS(=O)(=O)c1cc(Br)c(F)cc1N. The fourth-order valence-electron chi connectivity index (χ4n) is 1.79. The lowest BCUT2D eigenvalue weighted by Gasteiger charge is -2.10. The summed E-state index contributed by atoms with van der Waals surface area (Å²) in [6.07, 6.45) is 3.85. The Labute approximate surface area is 130 Å². The second-order valence-corrected chi connectivity index (χ2v) is 7.00. The van der Waals surface area contributed by atoms with E-state index in [1.165, 1.54) is 0 Å². The lowest BCUT2D eigenvalue weighted by atomic mass is 10.3. The second-order valence-electron chi connectivity index (χ2n) is 4.41. The number of nitrogen functional groups attached to an aromatic ring is 1. The van der Waals surface area contributed by atoms with Crippen molar-refractivity contribution in [1.29, 1.82) is 0 Å². The van der Waals surface area contributed by atoms with Gasteiger partial charge in [0.1, 0.15) is 16.5 Å². The Kier molecular flexibility index (Phi) is 4.64. The predicted molar refractivity (Wildman–Crippen MR) is 80.6 cm³/mol. The fourth-order valence-corrected chi connectivity index (χ4v) is 3.45. The van der Waals surface area contributed by atoms with Gasteiger partial charge in [-0.15, -0.1) is 0 Å². The molecule has 0 saturated heterocycles. The van der Waals surface area contributed by atoms with Crippen molar-refractivity contribution in [3.8, 4) is 0 Å². The minimum Gasteiger partial charge on any atom is -0.398 e. The molecule has 114 valence electrons. The molecule has 0 aliphatic rings. The average Bonchev–Trinajstić information content (AvgIpc) is 2.79. The number of sulfonamides is 1. The van der Waals surface area contributed by atoms with Gasteiger partial charge in [0.05, 0.1) is 10.2 Å². The Morgan fingerprint density at radius 1 is 1.48 bits per heavy atom. The van der Waals surface area contributed by atoms with Gasteiger partial charge in [0, 0.05) is 32.4 Å². The standard InChI is InChI=1S/C12H14BrFN4O2S/c1-18-5-4-16-12(18)2-3-17-21(19,20)11-6-8(13)9(14)7-10(11)15/h4-7,17H,2-3,15H2,1H3. The zero-order valence-electron chi connectivity index (χ0n) is 11.2. The highest BCUT2D eigenvalue weighted by atomic mass is 79.9. The van der Waals surface area contributed by atoms with E-state index in [-0.39, 0.29) is 21.6 Å². The van der Waals surface area contributed by atoms with Gasteiger partial charge < -0.3 is 10.3 Å². The second kappa shape index (κ2) is 6.12. The summed E-state index contributed by atoms with van der Waals surface area (Å²) < 4.78 is 41.9. The van der Waals surface area contributed by atoms with Gasteiger partial charge >= 0.3 is 0 Å². The monoisotopic (exact) mass is 376 g/mol. The molecule has 1 aromatic heterocycles. The van der Waals surface area contributed by atoms with Crippen LogP contribution in [0.4, 0.5) is 10.1 Å². The third-order valence-electron chi connectivity index (χ3n) is 2.90. The average molecular weight is 377 g/mol. The van der Waals surface area contributed by atoms with Gasteiger partial charge in [-0.2, -0.15) is 0 Å². The van der Waals surface area contributed by atoms with Crippen molar-refractivity contribution in [2.75, 3.05) is 12.3 Å². The molecule has 21 heavy (non-hydrogen) atoms. The van der Waals surface area contributed by atoms with Crippen molar-refractivity contribution in [3.63, 3.8) is 0 Å². The normalized spacial score (nSPS) is 11.8. The van der Waals surface area contributed by atoms with Crippen molar-refractivity contribution in [2.45, 2.75) is 11.3 Å². The molecule has 0 saturated carbocycles. The Balaban J connectivity index is 2.12. The number of halogens is 2. The third kappa shape index (κ3) is 3.60. The summed E-state index contributed by atoms with van der Waals surface area (Å²) in [4.78, 5) is 3.94. The molecule has 0 bridgehead atoms. The van der Waals surface area contributed by atoms with Crippen molar-refractivity contribution in [2.24, 2.45) is 7.05 Å². The van der Waals surface area contributed by atoms with Crippen LogP contribution in [-0.2, 0) is 23.5 Å². The van der Waals surface area contributed by atoms with E-state index in [0.717, 1.165) is 18.0 Å². The first-order valence-electron chi connectivity index (χ1n) is 6.01. The van der Waals surface area contributed by atoms with Crippen molar-refractivity contribution in [3.05, 3.63) is 40.6 Å². The highest BCUT2D eigenvalue weighted by molar-refractivity contribution is 9.10. The molecule has 0 spiro atoms. The van der Waals surface area contributed by atoms with Crippen LogP contribution in [0.25, 0.3) is 0 Å². The van der Waals surface area contributed by atoms with Crippen LogP contribution >= 0.6 is 15.9 Å². The van der Waals surface area contributed by atoms with Gasteiger partial charge in [-0.3, -0.25) is 0 Å². The lowest BCUT2D eigenvalue weighted by molar-refractivity contribution is 0.579. The van der Waals surface area contributed by atoms with Crippen LogP contribution in [0.15, 0.2) is 33.9 Å². The Morgan fingerprint density at radius 3 is 2.81 bits per heavy atom. The smallest absolute Gasteiger partial charge is 0.242 e. The van der Waals surface area contributed by atoms with E-state index in [1.54, 1.807) is 17.0 Å². The van der Waals surface area contributed by atoms with E-state index in [0.29, 0.717) is 6.42 Å². The van der Waals surface area contributed by atoms with E-state index in [9.17, 15) is 12.8 Å². The molecule has 0 unspecified atom stereocenters. The molecule has 0 aliphatic carbocycles. The van der Waals surface area contributed by atoms with Crippen molar-refractivity contribution < 1.29 is 12.8 Å². The molecule has 3 N–H and O–H groups in total. The molecular formula is C12H14BrFN4O2S. The number of benzene rings is 1. The number of aryl methyl sites for hydroxylation is 1. The van der Waals surface area contributed by atoms with Crippen LogP contribution in [-0.4, -0.2) is 24.5 Å². The van der Waals surface area contributed by atoms with Crippen LogP contribution in [0.5, 0.6) is 0 Å². The number of aromatic nitrogens is 2. The zero-order valence-corrected chi connectivity index (χ0v) is 13.6. The molecular weight excluding hydrogens is 363 g/mol. The largest absolute Gasteiger partial charge is 0.398 e. The number of nitrogens with zero attached hydrogens (tertiary/aromatic N) is 2. The zero-order chi connectivity index (χ0) is 15.6. The van der Waals surface area contributed by atoms with Crippen molar-refractivity contribution >= 4 is 31.6 Å². The summed E-state index contributed by atoms with van der Waals surface area (Å²) in [5.41, 5.74) is 5.43. The molecule has 1 aromatic carbocycles. The van der Waals surface area contributed by atoms with E-state index >= 15 is 0 Å². The fraction of sp³-hybridized carbons (Fsp3) is 0.250. The summed E-state index contributed by atoms with van der Waals surface area (Å²) >= 11 is 2.95. The number of nitrogens with two attached hydrogens (primary N) is 1. The van der Waals surface area contributed by atoms with Crippen LogP contribution in [0.1, 0.15) is 5.82 Å². The van der Waals surface area contributed by atoms with E-state index in [4.69, 9.17) is 5.73 Å². The highest BCUT2D eigenvalue weighted by Crippen LogP contribution is 2.25. The molecule has 0 aliphatic heterocycles. The Hall–Kier alpha value is -1.45. The topological polar surface area (TPSA) is 90.0 Å². The number of rotatable bonds is 5. The molecule has 9 heteroatoms. The first-order valence-corrected chi connectivity index (χ1v) is 8.29. The highest BCUT2D eigenvalue weighted by Gasteiger charge is 2.19. The predicted octanol–water partition coefficient (Wildman–Crippen LogP) is 1.42. The Bertz CT molecular complexity index is 761. The Morgan fingerprint density at radius 2 is 2.19 bits per heavy atom. The van der Waals surface area contributed by atoms with E-state index in [1.807, 2.05) is 7.05 Å². The number of anilines is 1. The first-order chi connectivity index (χ1) is 9.81. The molecule has 6 nitrogen and oxygen atoms in total.